The van der Waals surface area contributed by atoms with Crippen molar-refractivity contribution in [1.82, 2.24) is 0 Å². The van der Waals surface area contributed by atoms with E-state index in [4.69, 9.17) is 18.6 Å². The van der Waals surface area contributed by atoms with Crippen molar-refractivity contribution in [3.63, 3.8) is 0 Å². The van der Waals surface area contributed by atoms with Gasteiger partial charge in [0.1, 0.15) is 0 Å². The van der Waals surface area contributed by atoms with Crippen LogP contribution in [0.1, 0.15) is 20.8 Å². The minimum Gasteiger partial charge on any atom is -0.471 e. The molecule has 3 aliphatic rings. The largest absolute Gasteiger partial charge is 0.471 e. The Morgan fingerprint density at radius 2 is 2.00 bits per heavy atom. The third kappa shape index (κ3) is 2.66. The van der Waals surface area contributed by atoms with Crippen LogP contribution in [0.3, 0.4) is 0 Å². The molecule has 0 saturated carbocycles. The van der Waals surface area contributed by atoms with Crippen molar-refractivity contribution >= 4 is 14.3 Å². The van der Waals surface area contributed by atoms with Gasteiger partial charge in [-0.05, 0) is 23.7 Å². The summed E-state index contributed by atoms with van der Waals surface area (Å²) in [6.45, 7) is 11.7. The number of carbonyl (C=O) groups excluding carboxylic acids is 1. The predicted octanol–water partition coefficient (Wildman–Crippen LogP) is 2.99. The molecule has 1 saturated heterocycles. The number of hydrogen-bond donors (Lipinski definition) is 0. The Bertz CT molecular complexity index is 572. The van der Waals surface area contributed by atoms with E-state index in [1.54, 1.807) is 0 Å². The third-order valence-corrected chi connectivity index (χ3v) is 10.1. The molecular formula is C17H26O5Si. The summed E-state index contributed by atoms with van der Waals surface area (Å²) >= 11 is 0. The van der Waals surface area contributed by atoms with Gasteiger partial charge in [0.25, 0.3) is 0 Å². The molecule has 0 aromatic carbocycles. The van der Waals surface area contributed by atoms with Crippen LogP contribution in [0, 0.1) is 11.8 Å². The van der Waals surface area contributed by atoms with Crippen molar-refractivity contribution in [2.45, 2.75) is 51.3 Å². The van der Waals surface area contributed by atoms with Crippen molar-refractivity contribution in [2.24, 2.45) is 11.8 Å². The van der Waals surface area contributed by atoms with E-state index in [1.807, 2.05) is 0 Å². The van der Waals surface area contributed by atoms with E-state index < -0.39 is 8.32 Å². The van der Waals surface area contributed by atoms with Crippen LogP contribution >= 0.6 is 0 Å². The summed E-state index contributed by atoms with van der Waals surface area (Å²) in [5, 5.41) is 0.111. The molecule has 128 valence electrons. The van der Waals surface area contributed by atoms with Crippen LogP contribution in [0.2, 0.25) is 18.1 Å². The maximum Gasteiger partial charge on any atom is 0.337 e. The van der Waals surface area contributed by atoms with Crippen molar-refractivity contribution in [3.8, 4) is 0 Å². The first-order chi connectivity index (χ1) is 10.7. The van der Waals surface area contributed by atoms with Gasteiger partial charge in [-0.25, -0.2) is 4.79 Å². The van der Waals surface area contributed by atoms with Crippen LogP contribution in [0.25, 0.3) is 0 Å². The Morgan fingerprint density at radius 3 is 2.61 bits per heavy atom. The number of esters is 1. The van der Waals surface area contributed by atoms with Gasteiger partial charge in [0, 0.05) is 5.92 Å². The van der Waals surface area contributed by atoms with Gasteiger partial charge in [-0.15, -0.1) is 0 Å². The second-order valence-electron chi connectivity index (χ2n) is 8.02. The Hall–Kier alpha value is -1.11. The Kier molecular flexibility index (Phi) is 3.97. The molecule has 3 rings (SSSR count). The molecule has 1 fully saturated rings. The average Bonchev–Trinajstić information content (AvgIpc) is 3.01. The number of hydrogen-bond acceptors (Lipinski definition) is 5. The van der Waals surface area contributed by atoms with Crippen LogP contribution in [-0.2, 0) is 23.4 Å². The minimum atomic E-state index is -1.95. The van der Waals surface area contributed by atoms with E-state index in [0.717, 1.165) is 0 Å². The quantitative estimate of drug-likeness (QED) is 0.450. The molecule has 2 aliphatic heterocycles. The fourth-order valence-electron chi connectivity index (χ4n) is 3.27. The molecule has 0 aromatic heterocycles. The first kappa shape index (κ1) is 16.7. The summed E-state index contributed by atoms with van der Waals surface area (Å²) in [7, 11) is -0.558. The minimum absolute atomic E-state index is 0.0591. The van der Waals surface area contributed by atoms with Gasteiger partial charge in [0.2, 0.25) is 6.29 Å². The second-order valence-corrected chi connectivity index (χ2v) is 12.8. The maximum absolute atomic E-state index is 12.2. The molecule has 0 unspecified atom stereocenters. The van der Waals surface area contributed by atoms with Crippen LogP contribution in [0.5, 0.6) is 0 Å². The van der Waals surface area contributed by atoms with Gasteiger partial charge >= 0.3 is 5.97 Å². The lowest BCUT2D eigenvalue weighted by Gasteiger charge is -2.41. The molecule has 5 nitrogen and oxygen atoms in total. The first-order valence-electron chi connectivity index (χ1n) is 8.09. The molecule has 0 N–H and O–H groups in total. The number of rotatable bonds is 3. The Balaban J connectivity index is 1.92. The summed E-state index contributed by atoms with van der Waals surface area (Å²) in [5.74, 6) is -0.365. The van der Waals surface area contributed by atoms with E-state index in [1.165, 1.54) is 18.9 Å². The van der Waals surface area contributed by atoms with E-state index in [9.17, 15) is 4.79 Å². The maximum atomic E-state index is 12.2. The molecule has 23 heavy (non-hydrogen) atoms. The standard InChI is InChI=1S/C17H26O5Si/c1-17(2,3)23(5,6)22-12-7-10-8-20-16-13(10)14(12)11(9-21-16)15(18)19-4/h7,9,12-14,16H,8H2,1-6H3/t12-,13+,14-,16-/m0/s1. The molecule has 0 spiro atoms. The van der Waals surface area contributed by atoms with E-state index in [2.05, 4.69) is 39.9 Å². The van der Waals surface area contributed by atoms with Crippen LogP contribution in [-0.4, -0.2) is 40.4 Å². The highest BCUT2D eigenvalue weighted by atomic mass is 28.4. The summed E-state index contributed by atoms with van der Waals surface area (Å²) in [6, 6.07) is 0. The fraction of sp³-hybridized carbons (Fsp3) is 0.706. The summed E-state index contributed by atoms with van der Waals surface area (Å²) < 4.78 is 22.8. The highest BCUT2D eigenvalue weighted by molar-refractivity contribution is 6.74. The third-order valence-electron chi connectivity index (χ3n) is 5.60. The number of ether oxygens (including phenoxy) is 3. The number of methoxy groups -OCH3 is 1. The van der Waals surface area contributed by atoms with E-state index in [0.29, 0.717) is 12.2 Å². The molecule has 0 amide bonds. The molecular weight excluding hydrogens is 312 g/mol. The Morgan fingerprint density at radius 1 is 1.30 bits per heavy atom. The molecule has 0 aromatic rings. The highest BCUT2D eigenvalue weighted by Gasteiger charge is 2.54. The molecule has 4 atom stereocenters. The normalized spacial score (nSPS) is 32.8. The topological polar surface area (TPSA) is 54.0 Å². The van der Waals surface area contributed by atoms with Crippen LogP contribution in [0.15, 0.2) is 23.5 Å². The van der Waals surface area contributed by atoms with Gasteiger partial charge < -0.3 is 18.6 Å². The molecule has 1 aliphatic carbocycles. The molecule has 2 heterocycles. The van der Waals surface area contributed by atoms with Gasteiger partial charge in [-0.2, -0.15) is 0 Å². The summed E-state index contributed by atoms with van der Waals surface area (Å²) in [6.07, 6.45) is 3.22. The van der Waals surface area contributed by atoms with Crippen molar-refractivity contribution in [1.29, 1.82) is 0 Å². The van der Waals surface area contributed by atoms with Crippen LogP contribution in [0.4, 0.5) is 0 Å². The fourth-order valence-corrected chi connectivity index (χ4v) is 4.52. The average molecular weight is 338 g/mol. The van der Waals surface area contributed by atoms with Crippen LogP contribution < -0.4 is 0 Å². The highest BCUT2D eigenvalue weighted by Crippen LogP contribution is 2.50. The summed E-state index contributed by atoms with van der Waals surface area (Å²) in [4.78, 5) is 12.2. The molecule has 0 radical (unpaired) electrons. The molecule has 0 bridgehead atoms. The Labute approximate surface area is 138 Å². The zero-order valence-corrected chi connectivity index (χ0v) is 15.7. The van der Waals surface area contributed by atoms with Crippen molar-refractivity contribution in [3.05, 3.63) is 23.5 Å². The van der Waals surface area contributed by atoms with E-state index in [-0.39, 0.29) is 35.2 Å². The van der Waals surface area contributed by atoms with Gasteiger partial charge in [-0.3, -0.25) is 0 Å². The lowest BCUT2D eigenvalue weighted by atomic mass is 9.83. The van der Waals surface area contributed by atoms with Gasteiger partial charge in [0.15, 0.2) is 8.32 Å². The molecule has 6 heteroatoms. The lowest BCUT2D eigenvalue weighted by molar-refractivity contribution is -0.143. The monoisotopic (exact) mass is 338 g/mol. The SMILES string of the molecule is COC(=O)C1=CO[C@@H]2OCC3=C[C@H](O[Si](C)(C)C(C)(C)C)[C@H]1[C@@H]32. The second kappa shape index (κ2) is 5.46. The van der Waals surface area contributed by atoms with Crippen molar-refractivity contribution < 1.29 is 23.4 Å². The zero-order chi connectivity index (χ0) is 17.0. The van der Waals surface area contributed by atoms with Crippen molar-refractivity contribution in [2.75, 3.05) is 13.7 Å². The smallest absolute Gasteiger partial charge is 0.337 e. The van der Waals surface area contributed by atoms with E-state index >= 15 is 0 Å². The van der Waals surface area contributed by atoms with Gasteiger partial charge in [0.05, 0.1) is 37.6 Å². The van der Waals surface area contributed by atoms with Gasteiger partial charge in [-0.1, -0.05) is 26.8 Å². The lowest BCUT2D eigenvalue weighted by Crippen LogP contribution is -2.47. The summed E-state index contributed by atoms with van der Waals surface area (Å²) in [5.41, 5.74) is 1.73. The first-order valence-corrected chi connectivity index (χ1v) is 11.0. The number of carbonyl (C=O) groups is 1. The predicted molar refractivity (Wildman–Crippen MR) is 88.1 cm³/mol. The zero-order valence-electron chi connectivity index (χ0n) is 14.7.